The SMILES string of the molecule is C=CCC(Nc1ccccc1C(F)(F)F)c1ccccc1F. The molecule has 1 N–H and O–H groups in total. The maximum Gasteiger partial charge on any atom is 0.418 e. The number of hydrogen-bond acceptors (Lipinski definition) is 1. The summed E-state index contributed by atoms with van der Waals surface area (Å²) in [7, 11) is 0. The van der Waals surface area contributed by atoms with Crippen LogP contribution in [0.25, 0.3) is 0 Å². The van der Waals surface area contributed by atoms with Gasteiger partial charge in [-0.1, -0.05) is 36.4 Å². The van der Waals surface area contributed by atoms with E-state index >= 15 is 0 Å². The molecule has 0 radical (unpaired) electrons. The molecule has 0 aliphatic carbocycles. The van der Waals surface area contributed by atoms with Gasteiger partial charge in [-0.15, -0.1) is 6.58 Å². The van der Waals surface area contributed by atoms with Crippen LogP contribution in [-0.4, -0.2) is 0 Å². The Morgan fingerprint density at radius 2 is 1.68 bits per heavy atom. The molecule has 2 aromatic carbocycles. The van der Waals surface area contributed by atoms with Gasteiger partial charge < -0.3 is 5.32 Å². The monoisotopic (exact) mass is 309 g/mol. The van der Waals surface area contributed by atoms with Crippen molar-refractivity contribution in [2.45, 2.75) is 18.6 Å². The lowest BCUT2D eigenvalue weighted by atomic mass is 10.0. The van der Waals surface area contributed by atoms with Gasteiger partial charge in [0.05, 0.1) is 11.6 Å². The van der Waals surface area contributed by atoms with Crippen LogP contribution in [0.1, 0.15) is 23.6 Å². The average molecular weight is 309 g/mol. The molecule has 116 valence electrons. The molecule has 0 amide bonds. The van der Waals surface area contributed by atoms with E-state index in [0.717, 1.165) is 6.07 Å². The van der Waals surface area contributed by atoms with Crippen molar-refractivity contribution in [1.82, 2.24) is 0 Å². The molecule has 1 nitrogen and oxygen atoms in total. The Kier molecular flexibility index (Phi) is 4.85. The highest BCUT2D eigenvalue weighted by Crippen LogP contribution is 2.36. The van der Waals surface area contributed by atoms with Crippen LogP contribution in [0, 0.1) is 5.82 Å². The Morgan fingerprint density at radius 1 is 1.05 bits per heavy atom. The van der Waals surface area contributed by atoms with Crippen LogP contribution in [0.5, 0.6) is 0 Å². The quantitative estimate of drug-likeness (QED) is 0.562. The van der Waals surface area contributed by atoms with Crippen molar-refractivity contribution in [3.05, 3.63) is 78.1 Å². The second-order valence-electron chi connectivity index (χ2n) is 4.79. The molecule has 0 aliphatic rings. The van der Waals surface area contributed by atoms with E-state index in [4.69, 9.17) is 0 Å². The fourth-order valence-electron chi connectivity index (χ4n) is 2.23. The lowest BCUT2D eigenvalue weighted by Gasteiger charge is -2.22. The number of para-hydroxylation sites is 1. The summed E-state index contributed by atoms with van der Waals surface area (Å²) in [6, 6.07) is 10.5. The first-order chi connectivity index (χ1) is 10.4. The van der Waals surface area contributed by atoms with E-state index in [1.165, 1.54) is 30.3 Å². The van der Waals surface area contributed by atoms with Crippen molar-refractivity contribution in [3.63, 3.8) is 0 Å². The van der Waals surface area contributed by atoms with E-state index in [1.54, 1.807) is 18.2 Å². The maximum absolute atomic E-state index is 13.9. The molecule has 2 aromatic rings. The number of rotatable bonds is 5. The molecule has 2 rings (SSSR count). The summed E-state index contributed by atoms with van der Waals surface area (Å²) in [4.78, 5) is 0. The standard InChI is InChI=1S/C17H15F4N/c1-2-7-15(12-8-3-5-10-14(12)18)22-16-11-6-4-9-13(16)17(19,20)21/h2-6,8-11,15,22H,1,7H2. The zero-order chi connectivity index (χ0) is 16.2. The molecule has 0 bridgehead atoms. The largest absolute Gasteiger partial charge is 0.418 e. The normalized spacial score (nSPS) is 12.7. The van der Waals surface area contributed by atoms with Crippen LogP contribution in [-0.2, 0) is 6.18 Å². The maximum atomic E-state index is 13.9. The summed E-state index contributed by atoms with van der Waals surface area (Å²) in [6.07, 6.45) is -2.63. The number of anilines is 1. The topological polar surface area (TPSA) is 12.0 Å². The minimum Gasteiger partial charge on any atom is -0.377 e. The Morgan fingerprint density at radius 3 is 2.32 bits per heavy atom. The van der Waals surface area contributed by atoms with Gasteiger partial charge >= 0.3 is 6.18 Å². The molecular weight excluding hydrogens is 294 g/mol. The number of halogens is 4. The van der Waals surface area contributed by atoms with Crippen LogP contribution < -0.4 is 5.32 Å². The Balaban J connectivity index is 2.38. The molecule has 0 fully saturated rings. The van der Waals surface area contributed by atoms with Crippen molar-refractivity contribution in [1.29, 1.82) is 0 Å². The molecule has 0 aliphatic heterocycles. The number of alkyl halides is 3. The zero-order valence-electron chi connectivity index (χ0n) is 11.7. The minimum absolute atomic E-state index is 0.0786. The second-order valence-corrected chi connectivity index (χ2v) is 4.79. The third-order valence-electron chi connectivity index (χ3n) is 3.25. The first-order valence-corrected chi connectivity index (χ1v) is 6.71. The summed E-state index contributed by atoms with van der Waals surface area (Å²) in [5.74, 6) is -0.466. The van der Waals surface area contributed by atoms with Gasteiger partial charge in [-0.2, -0.15) is 13.2 Å². The smallest absolute Gasteiger partial charge is 0.377 e. The summed E-state index contributed by atoms with van der Waals surface area (Å²) in [6.45, 7) is 3.58. The van der Waals surface area contributed by atoms with Gasteiger partial charge in [-0.25, -0.2) is 4.39 Å². The number of hydrogen-bond donors (Lipinski definition) is 1. The molecule has 0 saturated heterocycles. The molecule has 0 saturated carbocycles. The lowest BCUT2D eigenvalue weighted by molar-refractivity contribution is -0.137. The highest BCUT2D eigenvalue weighted by molar-refractivity contribution is 5.54. The highest BCUT2D eigenvalue weighted by Gasteiger charge is 2.33. The first kappa shape index (κ1) is 16.1. The van der Waals surface area contributed by atoms with Crippen LogP contribution in [0.4, 0.5) is 23.2 Å². The van der Waals surface area contributed by atoms with E-state index in [-0.39, 0.29) is 5.69 Å². The molecule has 1 unspecified atom stereocenters. The highest BCUT2D eigenvalue weighted by atomic mass is 19.4. The minimum atomic E-state index is -4.47. The molecular formula is C17H15F4N. The zero-order valence-corrected chi connectivity index (χ0v) is 11.7. The molecule has 1 atom stereocenters. The third kappa shape index (κ3) is 3.67. The van der Waals surface area contributed by atoms with Crippen LogP contribution in [0.2, 0.25) is 0 Å². The van der Waals surface area contributed by atoms with Gasteiger partial charge in [0.15, 0.2) is 0 Å². The van der Waals surface area contributed by atoms with E-state index in [0.29, 0.717) is 12.0 Å². The third-order valence-corrected chi connectivity index (χ3v) is 3.25. The van der Waals surface area contributed by atoms with Crippen LogP contribution in [0.3, 0.4) is 0 Å². The predicted molar refractivity (Wildman–Crippen MR) is 79.0 cm³/mol. The summed E-state index contributed by atoms with van der Waals surface area (Å²) < 4.78 is 53.0. The Labute approximate surface area is 126 Å². The first-order valence-electron chi connectivity index (χ1n) is 6.71. The van der Waals surface area contributed by atoms with E-state index in [2.05, 4.69) is 11.9 Å². The fraction of sp³-hybridized carbons (Fsp3) is 0.176. The molecule has 0 aromatic heterocycles. The van der Waals surface area contributed by atoms with Gasteiger partial charge in [0.25, 0.3) is 0 Å². The number of benzene rings is 2. The summed E-state index contributed by atoms with van der Waals surface area (Å²) >= 11 is 0. The van der Waals surface area contributed by atoms with Crippen LogP contribution in [0.15, 0.2) is 61.2 Å². The van der Waals surface area contributed by atoms with Gasteiger partial charge in [-0.05, 0) is 24.6 Å². The number of nitrogens with one attached hydrogen (secondary N) is 1. The van der Waals surface area contributed by atoms with E-state index < -0.39 is 23.6 Å². The Hall–Kier alpha value is -2.30. The average Bonchev–Trinajstić information content (AvgIpc) is 2.47. The van der Waals surface area contributed by atoms with Crippen molar-refractivity contribution >= 4 is 5.69 Å². The van der Waals surface area contributed by atoms with Crippen molar-refractivity contribution in [2.75, 3.05) is 5.32 Å². The summed E-state index contributed by atoms with van der Waals surface area (Å²) in [5, 5.41) is 2.78. The van der Waals surface area contributed by atoms with Gasteiger partial charge in [0.1, 0.15) is 5.82 Å². The fourth-order valence-corrected chi connectivity index (χ4v) is 2.23. The van der Waals surface area contributed by atoms with Gasteiger partial charge in [-0.3, -0.25) is 0 Å². The molecule has 22 heavy (non-hydrogen) atoms. The van der Waals surface area contributed by atoms with Gasteiger partial charge in [0.2, 0.25) is 0 Å². The lowest BCUT2D eigenvalue weighted by Crippen LogP contribution is -2.16. The summed E-state index contributed by atoms with van der Waals surface area (Å²) in [5.41, 5.74) is -0.551. The molecule has 5 heteroatoms. The predicted octanol–water partition coefficient (Wildman–Crippen LogP) is 5.57. The second kappa shape index (κ2) is 6.64. The van der Waals surface area contributed by atoms with E-state index in [1.807, 2.05) is 0 Å². The van der Waals surface area contributed by atoms with Crippen molar-refractivity contribution in [3.8, 4) is 0 Å². The molecule has 0 heterocycles. The van der Waals surface area contributed by atoms with E-state index in [9.17, 15) is 17.6 Å². The van der Waals surface area contributed by atoms with Crippen molar-refractivity contribution in [2.24, 2.45) is 0 Å². The van der Waals surface area contributed by atoms with Crippen LogP contribution >= 0.6 is 0 Å². The molecule has 0 spiro atoms. The van der Waals surface area contributed by atoms with Gasteiger partial charge in [0, 0.05) is 11.3 Å². The van der Waals surface area contributed by atoms with Crippen molar-refractivity contribution < 1.29 is 17.6 Å². The Bertz CT molecular complexity index is 649.